The highest BCUT2D eigenvalue weighted by Crippen LogP contribution is 2.29. The second-order valence-electron chi connectivity index (χ2n) is 13.7. The third kappa shape index (κ3) is 8.57. The summed E-state index contributed by atoms with van der Waals surface area (Å²) in [6, 6.07) is 19.2. The zero-order valence-electron chi connectivity index (χ0n) is 28.5. The molecule has 1 saturated heterocycles. The molecule has 2 fully saturated rings. The maximum Gasteiger partial charge on any atom is 0.272 e. The van der Waals surface area contributed by atoms with Crippen LogP contribution in [0.1, 0.15) is 77.0 Å². The molecule has 3 aliphatic rings. The Kier molecular flexibility index (Phi) is 10.8. The summed E-state index contributed by atoms with van der Waals surface area (Å²) in [5.74, 6) is -0.650. The van der Waals surface area contributed by atoms with E-state index in [1.807, 2.05) is 28.9 Å². The molecular formula is C39H46FN7O3. The molecule has 2 aromatic carbocycles. The van der Waals surface area contributed by atoms with E-state index in [0.717, 1.165) is 107 Å². The number of nitrogens with one attached hydrogen (secondary N) is 3. The van der Waals surface area contributed by atoms with Crippen LogP contribution in [0.3, 0.4) is 0 Å². The number of amides is 2. The molecular weight excluding hydrogens is 633 g/mol. The van der Waals surface area contributed by atoms with Crippen LogP contribution in [0.5, 0.6) is 11.6 Å². The van der Waals surface area contributed by atoms with Gasteiger partial charge in [-0.15, -0.1) is 0 Å². The summed E-state index contributed by atoms with van der Waals surface area (Å²) in [4.78, 5) is 33.0. The SMILES string of the molecule is O=C(N[C@H]1CC[C@H](NC(=O)c2cc(F)cnc2Oc2cccc(-c3ccc(CCCN4CCNCC4)cc3)c2)CC1)c1cc2n(n1)CCCC2. The summed E-state index contributed by atoms with van der Waals surface area (Å²) >= 11 is 0. The van der Waals surface area contributed by atoms with Gasteiger partial charge < -0.3 is 25.6 Å². The number of carbonyl (C=O) groups is 2. The van der Waals surface area contributed by atoms with Gasteiger partial charge in [0.25, 0.3) is 11.8 Å². The zero-order valence-corrected chi connectivity index (χ0v) is 28.5. The quantitative estimate of drug-likeness (QED) is 0.191. The number of rotatable bonds is 11. The van der Waals surface area contributed by atoms with Crippen molar-refractivity contribution in [1.29, 1.82) is 0 Å². The number of aromatic nitrogens is 3. The van der Waals surface area contributed by atoms with E-state index >= 15 is 0 Å². The van der Waals surface area contributed by atoms with Crippen molar-refractivity contribution in [2.45, 2.75) is 76.4 Å². The molecule has 262 valence electrons. The van der Waals surface area contributed by atoms with Crippen molar-refractivity contribution in [3.05, 3.63) is 95.2 Å². The summed E-state index contributed by atoms with van der Waals surface area (Å²) in [5, 5.41) is 14.1. The van der Waals surface area contributed by atoms with Crippen molar-refractivity contribution >= 4 is 11.8 Å². The molecule has 2 aromatic heterocycles. The van der Waals surface area contributed by atoms with Gasteiger partial charge in [0, 0.05) is 50.5 Å². The second-order valence-corrected chi connectivity index (χ2v) is 13.7. The average molecular weight is 680 g/mol. The molecule has 3 N–H and O–H groups in total. The lowest BCUT2D eigenvalue weighted by Crippen LogP contribution is -2.44. The molecule has 0 spiro atoms. The van der Waals surface area contributed by atoms with Gasteiger partial charge in [-0.2, -0.15) is 5.10 Å². The van der Waals surface area contributed by atoms with Crippen LogP contribution < -0.4 is 20.7 Å². The van der Waals surface area contributed by atoms with Crippen LogP contribution in [-0.2, 0) is 19.4 Å². The zero-order chi connectivity index (χ0) is 34.3. The first kappa shape index (κ1) is 33.9. The van der Waals surface area contributed by atoms with E-state index in [-0.39, 0.29) is 29.4 Å². The molecule has 0 bridgehead atoms. The van der Waals surface area contributed by atoms with Crippen molar-refractivity contribution in [3.8, 4) is 22.8 Å². The third-order valence-electron chi connectivity index (χ3n) is 10.1. The number of hydrogen-bond acceptors (Lipinski definition) is 7. The number of carbonyl (C=O) groups excluding carboxylic acids is 2. The summed E-state index contributed by atoms with van der Waals surface area (Å²) in [7, 11) is 0. The van der Waals surface area contributed by atoms with Crippen molar-refractivity contribution in [2.75, 3.05) is 32.7 Å². The standard InChI is InChI=1S/C39H46FN7O3/c40-30-24-35(37(48)43-31-13-15-32(16-14-31)44-38(49)36-25-33-7-1-2-20-47(33)45-36)39(42-26-30)50-34-8-3-6-29(23-34)28-11-9-27(10-12-28)5-4-19-46-21-17-41-18-22-46/h3,6,8-12,23-26,31-32,41H,1-2,4-5,7,13-22H2,(H,43,48)(H,44,49)/t31-,32-. The number of halogens is 1. The fourth-order valence-corrected chi connectivity index (χ4v) is 7.26. The predicted molar refractivity (Wildman–Crippen MR) is 190 cm³/mol. The lowest BCUT2D eigenvalue weighted by atomic mass is 9.91. The molecule has 4 aromatic rings. The van der Waals surface area contributed by atoms with E-state index in [2.05, 4.69) is 55.2 Å². The van der Waals surface area contributed by atoms with Gasteiger partial charge in [-0.25, -0.2) is 9.37 Å². The molecule has 7 rings (SSSR count). The Morgan fingerprint density at radius 3 is 2.40 bits per heavy atom. The van der Waals surface area contributed by atoms with E-state index in [9.17, 15) is 14.0 Å². The van der Waals surface area contributed by atoms with E-state index in [4.69, 9.17) is 4.74 Å². The van der Waals surface area contributed by atoms with Crippen LogP contribution in [0.15, 0.2) is 66.9 Å². The maximum absolute atomic E-state index is 14.4. The van der Waals surface area contributed by atoms with Gasteiger partial charge >= 0.3 is 0 Å². The number of aryl methyl sites for hydroxylation is 3. The number of benzene rings is 2. The number of pyridine rings is 1. The van der Waals surface area contributed by atoms with Crippen LogP contribution in [0, 0.1) is 5.82 Å². The Morgan fingerprint density at radius 2 is 1.64 bits per heavy atom. The van der Waals surface area contributed by atoms with Crippen molar-refractivity contribution in [3.63, 3.8) is 0 Å². The molecule has 50 heavy (non-hydrogen) atoms. The average Bonchev–Trinajstić information content (AvgIpc) is 3.59. The van der Waals surface area contributed by atoms with Crippen molar-refractivity contribution in [2.24, 2.45) is 0 Å². The molecule has 2 amide bonds. The summed E-state index contributed by atoms with van der Waals surface area (Å²) < 4.78 is 22.4. The van der Waals surface area contributed by atoms with Crippen molar-refractivity contribution < 1.29 is 18.7 Å². The molecule has 1 aliphatic carbocycles. The molecule has 4 heterocycles. The minimum atomic E-state index is -0.614. The molecule has 2 aliphatic heterocycles. The Balaban J connectivity index is 0.923. The largest absolute Gasteiger partial charge is 0.438 e. The highest BCUT2D eigenvalue weighted by molar-refractivity contribution is 5.96. The summed E-state index contributed by atoms with van der Waals surface area (Å²) in [6.45, 7) is 6.37. The minimum Gasteiger partial charge on any atom is -0.438 e. The normalized spacial score (nSPS) is 19.4. The van der Waals surface area contributed by atoms with Gasteiger partial charge in [0.15, 0.2) is 0 Å². The van der Waals surface area contributed by atoms with Crippen molar-refractivity contribution in [1.82, 2.24) is 35.6 Å². The lowest BCUT2D eigenvalue weighted by Gasteiger charge is -2.29. The summed E-state index contributed by atoms with van der Waals surface area (Å²) in [6.07, 6.45) is 9.22. The second kappa shape index (κ2) is 15.9. The fourth-order valence-electron chi connectivity index (χ4n) is 7.26. The van der Waals surface area contributed by atoms with E-state index in [0.29, 0.717) is 24.3 Å². The highest BCUT2D eigenvalue weighted by Gasteiger charge is 2.27. The van der Waals surface area contributed by atoms with Gasteiger partial charge in [0.2, 0.25) is 5.88 Å². The number of hydrogen-bond donors (Lipinski definition) is 3. The minimum absolute atomic E-state index is 0.00925. The van der Waals surface area contributed by atoms with Crippen LogP contribution in [0.2, 0.25) is 0 Å². The smallest absolute Gasteiger partial charge is 0.272 e. The molecule has 11 heteroatoms. The van der Waals surface area contributed by atoms with Gasteiger partial charge in [0.05, 0.1) is 6.20 Å². The van der Waals surface area contributed by atoms with E-state index < -0.39 is 11.7 Å². The molecule has 0 atom stereocenters. The topological polar surface area (TPSA) is 113 Å². The van der Waals surface area contributed by atoms with Crippen LogP contribution in [0.25, 0.3) is 11.1 Å². The fraction of sp³-hybridized carbons (Fsp3) is 0.436. The van der Waals surface area contributed by atoms with Gasteiger partial charge in [-0.3, -0.25) is 14.3 Å². The van der Waals surface area contributed by atoms with Gasteiger partial charge in [-0.1, -0.05) is 36.4 Å². The van der Waals surface area contributed by atoms with Gasteiger partial charge in [-0.05, 0) is 105 Å². The highest BCUT2D eigenvalue weighted by atomic mass is 19.1. The Morgan fingerprint density at radius 1 is 0.880 bits per heavy atom. The third-order valence-corrected chi connectivity index (χ3v) is 10.1. The Bertz CT molecular complexity index is 1760. The first-order valence-corrected chi connectivity index (χ1v) is 18.1. The van der Waals surface area contributed by atoms with Gasteiger partial charge in [0.1, 0.15) is 22.8 Å². The Hall–Kier alpha value is -4.61. The predicted octanol–water partition coefficient (Wildman–Crippen LogP) is 5.52. The van der Waals surface area contributed by atoms with Crippen LogP contribution >= 0.6 is 0 Å². The van der Waals surface area contributed by atoms with E-state index in [1.54, 1.807) is 6.07 Å². The lowest BCUT2D eigenvalue weighted by molar-refractivity contribution is 0.0887. The molecule has 0 radical (unpaired) electrons. The van der Waals surface area contributed by atoms with Crippen LogP contribution in [0.4, 0.5) is 4.39 Å². The summed E-state index contributed by atoms with van der Waals surface area (Å²) in [5.41, 5.74) is 4.97. The first-order chi connectivity index (χ1) is 24.5. The molecule has 1 saturated carbocycles. The number of ether oxygens (including phenoxy) is 1. The molecule has 10 nitrogen and oxygen atoms in total. The number of fused-ring (bicyclic) bond motifs is 1. The monoisotopic (exact) mass is 679 g/mol. The molecule has 0 unspecified atom stereocenters. The van der Waals surface area contributed by atoms with Crippen LogP contribution in [-0.4, -0.2) is 76.3 Å². The number of piperazine rings is 1. The Labute approximate surface area is 292 Å². The van der Waals surface area contributed by atoms with E-state index in [1.165, 1.54) is 11.6 Å². The maximum atomic E-state index is 14.4. The first-order valence-electron chi connectivity index (χ1n) is 18.1. The number of nitrogens with zero attached hydrogens (tertiary/aromatic N) is 4.